The van der Waals surface area contributed by atoms with E-state index in [1.54, 1.807) is 5.38 Å². The molecule has 0 atom stereocenters. The highest BCUT2D eigenvalue weighted by Gasteiger charge is 2.39. The summed E-state index contributed by atoms with van der Waals surface area (Å²) in [7, 11) is -3.86. The molecule has 0 radical (unpaired) electrons. The van der Waals surface area contributed by atoms with Crippen LogP contribution in [0.15, 0.2) is 34.5 Å². The molecule has 3 aliphatic rings. The number of nitrogens with zero attached hydrogens (tertiary/aromatic N) is 3. The summed E-state index contributed by atoms with van der Waals surface area (Å²) in [5.74, 6) is -0.165. The first-order valence-corrected chi connectivity index (χ1v) is 15.2. The summed E-state index contributed by atoms with van der Waals surface area (Å²) >= 11 is 1.40. The van der Waals surface area contributed by atoms with Crippen LogP contribution in [0, 0.1) is 0 Å². The van der Waals surface area contributed by atoms with E-state index < -0.39 is 22.1 Å². The maximum Gasteiger partial charge on any atom is 0.573 e. The third kappa shape index (κ3) is 6.42. The highest BCUT2D eigenvalue weighted by atomic mass is 32.2. The van der Waals surface area contributed by atoms with Crippen molar-refractivity contribution in [2.75, 3.05) is 13.1 Å². The SMILES string of the molecule is O=C(Oc1csc(C2CCN(S(=O)(=O)c3ccc(OC(F)(F)F)cc3)CC2)n1)N(C1CCCCC1)C1CC1. The van der Waals surface area contributed by atoms with E-state index in [2.05, 4.69) is 9.72 Å². The zero-order chi connectivity index (χ0) is 26.9. The molecule has 1 saturated heterocycles. The number of hydrogen-bond donors (Lipinski definition) is 0. The molecule has 1 aliphatic heterocycles. The molecule has 2 heterocycles. The number of sulfonamides is 1. The van der Waals surface area contributed by atoms with E-state index in [0.717, 1.165) is 67.8 Å². The maximum absolute atomic E-state index is 13.0. The van der Waals surface area contributed by atoms with Gasteiger partial charge in [0, 0.05) is 31.1 Å². The topological polar surface area (TPSA) is 89.0 Å². The summed E-state index contributed by atoms with van der Waals surface area (Å²) in [4.78, 5) is 19.4. The van der Waals surface area contributed by atoms with Gasteiger partial charge in [-0.25, -0.2) is 18.2 Å². The van der Waals surface area contributed by atoms with Crippen LogP contribution in [0.1, 0.15) is 68.7 Å². The Morgan fingerprint density at radius 1 is 0.974 bits per heavy atom. The van der Waals surface area contributed by atoms with Crippen molar-refractivity contribution < 1.29 is 35.9 Å². The number of alkyl halides is 3. The van der Waals surface area contributed by atoms with Crippen LogP contribution in [0.25, 0.3) is 0 Å². The zero-order valence-corrected chi connectivity index (χ0v) is 22.4. The molecule has 2 aromatic rings. The van der Waals surface area contributed by atoms with Crippen LogP contribution in [0.3, 0.4) is 0 Å². The predicted octanol–water partition coefficient (Wildman–Crippen LogP) is 5.91. The summed E-state index contributed by atoms with van der Waals surface area (Å²) in [6.45, 7) is 0.499. The van der Waals surface area contributed by atoms with Crippen LogP contribution in [-0.4, -0.2) is 60.2 Å². The first kappa shape index (κ1) is 27.2. The van der Waals surface area contributed by atoms with Crippen molar-refractivity contribution in [3.05, 3.63) is 34.7 Å². The Hall–Kier alpha value is -2.38. The number of rotatable bonds is 7. The minimum absolute atomic E-state index is 0.0272. The van der Waals surface area contributed by atoms with Gasteiger partial charge in [0.05, 0.1) is 15.3 Å². The summed E-state index contributed by atoms with van der Waals surface area (Å²) in [5, 5.41) is 2.53. The standard InChI is InChI=1S/C25H30F3N3O5S2/c26-25(27,28)36-20-8-10-21(11-9-20)38(33,34)30-14-12-17(13-15-30)23-29-22(16-37-23)35-24(32)31(19-6-7-19)18-4-2-1-3-5-18/h8-11,16-19H,1-7,12-15H2. The summed E-state index contributed by atoms with van der Waals surface area (Å²) in [6, 6.07) is 4.71. The van der Waals surface area contributed by atoms with E-state index in [9.17, 15) is 26.4 Å². The Balaban J connectivity index is 1.16. The van der Waals surface area contributed by atoms with Gasteiger partial charge in [0.2, 0.25) is 15.9 Å². The molecule has 0 spiro atoms. The second-order valence-corrected chi connectivity index (χ2v) is 12.8. The zero-order valence-electron chi connectivity index (χ0n) is 20.7. The molecular formula is C25H30F3N3O5S2. The minimum Gasteiger partial charge on any atom is -0.406 e. The molecule has 5 rings (SSSR count). The number of benzene rings is 1. The third-order valence-electron chi connectivity index (χ3n) is 7.31. The Morgan fingerprint density at radius 2 is 1.61 bits per heavy atom. The van der Waals surface area contributed by atoms with Crippen LogP contribution < -0.4 is 9.47 Å². The van der Waals surface area contributed by atoms with E-state index in [4.69, 9.17) is 4.74 Å². The van der Waals surface area contributed by atoms with Gasteiger partial charge in [-0.2, -0.15) is 4.31 Å². The summed E-state index contributed by atoms with van der Waals surface area (Å²) in [5.41, 5.74) is 0. The van der Waals surface area contributed by atoms with E-state index in [1.165, 1.54) is 22.1 Å². The number of piperidine rings is 1. The van der Waals surface area contributed by atoms with Crippen LogP contribution >= 0.6 is 11.3 Å². The van der Waals surface area contributed by atoms with Crippen LogP contribution in [-0.2, 0) is 10.0 Å². The summed E-state index contributed by atoms with van der Waals surface area (Å²) < 4.78 is 73.9. The van der Waals surface area contributed by atoms with E-state index in [1.807, 2.05) is 4.90 Å². The van der Waals surface area contributed by atoms with Gasteiger partial charge in [-0.1, -0.05) is 19.3 Å². The Labute approximate surface area is 223 Å². The van der Waals surface area contributed by atoms with Crippen molar-refractivity contribution in [3.8, 4) is 11.6 Å². The lowest BCUT2D eigenvalue weighted by atomic mass is 9.94. The van der Waals surface area contributed by atoms with Crippen LogP contribution in [0.4, 0.5) is 18.0 Å². The molecule has 8 nitrogen and oxygen atoms in total. The lowest BCUT2D eigenvalue weighted by molar-refractivity contribution is -0.274. The highest BCUT2D eigenvalue weighted by molar-refractivity contribution is 7.89. The maximum atomic E-state index is 13.0. The van der Waals surface area contributed by atoms with E-state index >= 15 is 0 Å². The molecule has 38 heavy (non-hydrogen) atoms. The molecule has 13 heteroatoms. The van der Waals surface area contributed by atoms with Crippen LogP contribution in [0.2, 0.25) is 0 Å². The van der Waals surface area contributed by atoms with Gasteiger partial charge in [0.1, 0.15) is 5.75 Å². The smallest absolute Gasteiger partial charge is 0.406 e. The third-order valence-corrected chi connectivity index (χ3v) is 10.2. The normalized spacial score (nSPS) is 20.3. The molecular weight excluding hydrogens is 543 g/mol. The fourth-order valence-corrected chi connectivity index (χ4v) is 7.63. The fourth-order valence-electron chi connectivity index (χ4n) is 5.26. The van der Waals surface area contributed by atoms with Crippen molar-refractivity contribution in [3.63, 3.8) is 0 Å². The number of hydrogen-bond acceptors (Lipinski definition) is 7. The Bertz CT molecular complexity index is 1220. The highest BCUT2D eigenvalue weighted by Crippen LogP contribution is 2.37. The monoisotopic (exact) mass is 573 g/mol. The number of carbonyl (C=O) groups excluding carboxylic acids is 1. The van der Waals surface area contributed by atoms with Crippen molar-refractivity contribution in [2.45, 2.75) is 87.0 Å². The van der Waals surface area contributed by atoms with Gasteiger partial charge in [0.25, 0.3) is 0 Å². The molecule has 0 bridgehead atoms. The molecule has 0 N–H and O–H groups in total. The van der Waals surface area contributed by atoms with E-state index in [0.29, 0.717) is 12.8 Å². The van der Waals surface area contributed by atoms with Crippen molar-refractivity contribution in [1.29, 1.82) is 0 Å². The van der Waals surface area contributed by atoms with Gasteiger partial charge in [0.15, 0.2) is 0 Å². The number of halogens is 3. The Kier molecular flexibility index (Phi) is 7.88. The van der Waals surface area contributed by atoms with Gasteiger partial charge in [-0.05, 0) is 62.8 Å². The lowest BCUT2D eigenvalue weighted by Crippen LogP contribution is -2.44. The quantitative estimate of drug-likeness (QED) is 0.410. The van der Waals surface area contributed by atoms with E-state index in [-0.39, 0.29) is 48.0 Å². The molecule has 2 aliphatic carbocycles. The molecule has 1 amide bonds. The van der Waals surface area contributed by atoms with Crippen molar-refractivity contribution in [1.82, 2.24) is 14.2 Å². The molecule has 208 valence electrons. The molecule has 1 aromatic heterocycles. The van der Waals surface area contributed by atoms with Gasteiger partial charge in [-0.15, -0.1) is 24.5 Å². The van der Waals surface area contributed by atoms with Gasteiger partial charge in [-0.3, -0.25) is 0 Å². The largest absolute Gasteiger partial charge is 0.573 e. The Morgan fingerprint density at radius 3 is 2.21 bits per heavy atom. The second kappa shape index (κ2) is 11.0. The number of carbonyl (C=O) groups is 1. The number of amides is 1. The van der Waals surface area contributed by atoms with Crippen LogP contribution in [0.5, 0.6) is 11.6 Å². The second-order valence-electron chi connectivity index (χ2n) is 10.0. The number of aromatic nitrogens is 1. The first-order chi connectivity index (χ1) is 18.1. The summed E-state index contributed by atoms with van der Waals surface area (Å²) in [6.07, 6.45) is 3.43. The minimum atomic E-state index is -4.84. The van der Waals surface area contributed by atoms with Gasteiger partial charge < -0.3 is 14.4 Å². The predicted molar refractivity (Wildman–Crippen MR) is 134 cm³/mol. The van der Waals surface area contributed by atoms with Gasteiger partial charge >= 0.3 is 12.5 Å². The molecule has 3 fully saturated rings. The average Bonchev–Trinajstić information content (AvgIpc) is 3.61. The average molecular weight is 574 g/mol. The first-order valence-electron chi connectivity index (χ1n) is 12.9. The van der Waals surface area contributed by atoms with Crippen molar-refractivity contribution in [2.24, 2.45) is 0 Å². The molecule has 1 aromatic carbocycles. The fraction of sp³-hybridized carbons (Fsp3) is 0.600. The lowest BCUT2D eigenvalue weighted by Gasteiger charge is -2.33. The number of thiazole rings is 1. The van der Waals surface area contributed by atoms with Crippen molar-refractivity contribution >= 4 is 27.5 Å². The number of ether oxygens (including phenoxy) is 2. The molecule has 2 saturated carbocycles. The molecule has 0 unspecified atom stereocenters.